The molecule has 5 aromatic rings. The summed E-state index contributed by atoms with van der Waals surface area (Å²) in [5.74, 6) is 0. The molecule has 4 aliphatic heterocycles. The fraction of sp³-hybridized carbons (Fsp3) is 0.808. The van der Waals surface area contributed by atoms with Gasteiger partial charge in [-0.15, -0.1) is 0 Å². The molecule has 0 amide bonds. The number of nitrogens with zero attached hydrogens (tertiary/aromatic N) is 15. The number of nitrogens with one attached hydrogen (secondary N) is 2. The molecule has 0 bridgehead atoms. The maximum atomic E-state index is 5.38. The summed E-state index contributed by atoms with van der Waals surface area (Å²) in [7, 11) is 12.3. The molecular weight excluding hydrogens is 1190 g/mol. The van der Waals surface area contributed by atoms with E-state index < -0.39 is 0 Å². The third-order valence-corrected chi connectivity index (χ3v) is 18.2. The quantitative estimate of drug-likeness (QED) is 0.152. The van der Waals surface area contributed by atoms with Gasteiger partial charge in [-0.05, 0) is 181 Å². The third kappa shape index (κ3) is 34.2. The van der Waals surface area contributed by atoms with Gasteiger partial charge in [0.25, 0.3) is 0 Å². The third-order valence-electron chi connectivity index (χ3n) is 18.2. The smallest absolute Gasteiger partial charge is 0.0633 e. The minimum absolute atomic E-state index is 0.211. The van der Waals surface area contributed by atoms with Gasteiger partial charge in [-0.2, -0.15) is 25.5 Å². The van der Waals surface area contributed by atoms with E-state index in [1.54, 1.807) is 0 Å². The lowest BCUT2D eigenvalue weighted by molar-refractivity contribution is 0.0734. The summed E-state index contributed by atoms with van der Waals surface area (Å²) >= 11 is 0. The Labute approximate surface area is 591 Å². The Morgan fingerprint density at radius 2 is 0.812 bits per heavy atom. The van der Waals surface area contributed by atoms with Crippen LogP contribution in [0.15, 0.2) is 37.2 Å². The number of ether oxygens (including phenoxy) is 1. The van der Waals surface area contributed by atoms with Gasteiger partial charge < -0.3 is 19.9 Å². The van der Waals surface area contributed by atoms with Crippen LogP contribution in [0.4, 0.5) is 0 Å². The highest BCUT2D eigenvalue weighted by atomic mass is 16.5. The summed E-state index contributed by atoms with van der Waals surface area (Å²) in [5, 5.41) is 27.0. The highest BCUT2D eigenvalue weighted by Crippen LogP contribution is 2.29. The van der Waals surface area contributed by atoms with E-state index in [2.05, 4.69) is 306 Å². The van der Waals surface area contributed by atoms with Gasteiger partial charge in [0.05, 0.1) is 36.6 Å². The molecule has 0 atom stereocenters. The summed E-state index contributed by atoms with van der Waals surface area (Å²) in [5.41, 5.74) is 13.9. The lowest BCUT2D eigenvalue weighted by Crippen LogP contribution is -2.52. The summed E-state index contributed by atoms with van der Waals surface area (Å²) < 4.78 is 13.0. The highest BCUT2D eigenvalue weighted by molar-refractivity contribution is 5.31. The number of aromatic amines is 1. The minimum atomic E-state index is 0.211. The van der Waals surface area contributed by atoms with Crippen LogP contribution in [-0.4, -0.2) is 220 Å². The monoisotopic (exact) mass is 1340 g/mol. The Balaban J connectivity index is 0.000000540. The molecule has 2 N–H and O–H groups in total. The Bertz CT molecular complexity index is 2800. The maximum absolute atomic E-state index is 5.38. The summed E-state index contributed by atoms with van der Waals surface area (Å²) in [6.07, 6.45) is 13.0. The molecule has 9 rings (SSSR count). The molecule has 0 spiro atoms. The topological polar surface area (TPSA) is 141 Å². The van der Waals surface area contributed by atoms with E-state index in [1.165, 1.54) is 118 Å². The predicted octanol–water partition coefficient (Wildman–Crippen LogP) is 14.1. The number of likely N-dealkylation sites (N-methyl/N-ethyl adjacent to an activating group) is 2. The van der Waals surface area contributed by atoms with E-state index in [0.29, 0.717) is 22.2 Å². The lowest BCUT2D eigenvalue weighted by Gasteiger charge is -2.41. The van der Waals surface area contributed by atoms with Gasteiger partial charge in [-0.1, -0.05) is 104 Å². The van der Waals surface area contributed by atoms with Crippen molar-refractivity contribution in [2.45, 2.75) is 270 Å². The van der Waals surface area contributed by atoms with Crippen LogP contribution in [0.25, 0.3) is 0 Å². The zero-order valence-corrected chi connectivity index (χ0v) is 69.6. The van der Waals surface area contributed by atoms with E-state index in [0.717, 1.165) is 44.2 Å². The van der Waals surface area contributed by atoms with Crippen molar-refractivity contribution in [2.24, 2.45) is 28.2 Å². The van der Waals surface area contributed by atoms with E-state index >= 15 is 0 Å². The first-order valence-corrected chi connectivity index (χ1v) is 36.1. The molecule has 18 heteroatoms. The molecule has 0 saturated carbocycles. The van der Waals surface area contributed by atoms with Gasteiger partial charge in [-0.3, -0.25) is 43.4 Å². The number of aryl methyl sites for hydroxylation is 6. The second kappa shape index (κ2) is 38.5. The van der Waals surface area contributed by atoms with Gasteiger partial charge >= 0.3 is 0 Å². The van der Waals surface area contributed by atoms with Gasteiger partial charge in [-0.25, -0.2) is 0 Å². The van der Waals surface area contributed by atoms with Crippen LogP contribution in [0.1, 0.15) is 244 Å². The zero-order chi connectivity index (χ0) is 74.4. The molecule has 556 valence electrons. The Hall–Kier alpha value is -4.27. The Morgan fingerprint density at radius 1 is 0.375 bits per heavy atom. The van der Waals surface area contributed by atoms with Crippen molar-refractivity contribution in [3.8, 4) is 0 Å². The average Bonchev–Trinajstić information content (AvgIpc) is 1.71. The number of hydrogen-bond acceptors (Lipinski definition) is 13. The number of rotatable bonds is 0. The van der Waals surface area contributed by atoms with Crippen LogP contribution in [0.2, 0.25) is 0 Å². The maximum Gasteiger partial charge on any atom is 0.0633 e. The number of H-pyrrole nitrogens is 1. The van der Waals surface area contributed by atoms with Crippen molar-refractivity contribution >= 4 is 0 Å². The fourth-order valence-electron chi connectivity index (χ4n) is 11.6. The molecule has 96 heavy (non-hydrogen) atoms. The molecule has 0 unspecified atom stereocenters. The highest BCUT2D eigenvalue weighted by Gasteiger charge is 2.28. The van der Waals surface area contributed by atoms with Crippen LogP contribution < -0.4 is 5.32 Å². The number of piperazine rings is 3. The van der Waals surface area contributed by atoms with Crippen LogP contribution in [0, 0.1) is 27.7 Å². The normalized spacial score (nSPS) is 17.2. The van der Waals surface area contributed by atoms with E-state index in [1.807, 2.05) is 71.7 Å². The molecule has 18 nitrogen and oxygen atoms in total. The minimum Gasteiger partial charge on any atom is -0.380 e. The van der Waals surface area contributed by atoms with Crippen molar-refractivity contribution < 1.29 is 4.74 Å². The van der Waals surface area contributed by atoms with Gasteiger partial charge in [0, 0.05) is 184 Å². The van der Waals surface area contributed by atoms with Crippen molar-refractivity contribution in [3.63, 3.8) is 0 Å². The molecule has 0 aliphatic carbocycles. The van der Waals surface area contributed by atoms with Crippen molar-refractivity contribution in [3.05, 3.63) is 87.8 Å². The van der Waals surface area contributed by atoms with E-state index in [9.17, 15) is 0 Å². The molecule has 4 saturated heterocycles. The first-order chi connectivity index (χ1) is 43.5. The molecule has 5 aromatic heterocycles. The molecule has 0 radical (unpaired) electrons. The lowest BCUT2D eigenvalue weighted by atomic mass is 9.85. The van der Waals surface area contributed by atoms with Gasteiger partial charge in [0.1, 0.15) is 0 Å². The van der Waals surface area contributed by atoms with Crippen LogP contribution in [0.5, 0.6) is 0 Å². The van der Waals surface area contributed by atoms with Crippen LogP contribution in [0.3, 0.4) is 0 Å². The fourth-order valence-corrected chi connectivity index (χ4v) is 11.6. The van der Waals surface area contributed by atoms with Crippen LogP contribution >= 0.6 is 0 Å². The Kier molecular flexibility index (Phi) is 36.0. The molecule has 9 heterocycles. The van der Waals surface area contributed by atoms with Gasteiger partial charge in [0.15, 0.2) is 0 Å². The van der Waals surface area contributed by atoms with Crippen molar-refractivity contribution in [2.75, 3.05) is 119 Å². The molecule has 4 aliphatic rings. The molecule has 4 fully saturated rings. The number of aromatic nitrogens is 10. The van der Waals surface area contributed by atoms with Crippen molar-refractivity contribution in [1.82, 2.24) is 84.0 Å². The summed E-state index contributed by atoms with van der Waals surface area (Å²) in [6, 6.07) is 0. The van der Waals surface area contributed by atoms with Crippen LogP contribution in [-0.2, 0) is 60.0 Å². The van der Waals surface area contributed by atoms with E-state index in [-0.39, 0.29) is 27.1 Å². The zero-order valence-electron chi connectivity index (χ0n) is 69.6. The first kappa shape index (κ1) is 89.7. The second-order valence-corrected chi connectivity index (χ2v) is 36.3. The number of hydrogen-bond donors (Lipinski definition) is 2. The SMILES string of the molecule is CC(C)(C)N1CCCOCC1.CC(C)(C)N1CCNCC1.CC(C)(C)c1cn[nH]c1.CN1CCN(C(C)(C)C)CC1.CN1CCN(C(C)(C)C)CC1.Cc1c(C(C)(C)C)cnn1C.Cc1nn(C)c(C)c1C(C)(C)C.Cc1nn(C)cc1C(C)(C)C.Cn1cc(C(C)(C)C)cn1. The molecule has 0 aromatic carbocycles. The average molecular weight is 1350 g/mol. The standard InChI is InChI=1S/C10H18N2.2C9H20N2.2C9H16N2.C9H19NO.C8H14N2.C8H18N2.C7H12N2/c1-7-9(10(3,4)5)8(2)12(6)11-7;2*1-9(2,3)11-7-5-10(4)6-8-11;1-7-8(9(2,3)4)6-11(5)10-7;1-7-8(9(2,3)4)6-10-11(7)5;1-9(2,3)10-5-4-7-11-8-6-10;1-8(2,3)7-5-9-10(4)6-7;1-8(2,3)10-6-4-9-5-7-10;1-7(2,3)6-4-8-9-5-6/h1-6H3;2*5-8H2,1-4H3;2*6H,1-5H3;4-8H2,1-3H3;5-6H,1-4H3;9H,4-7H2,1-3H3;4-5H,1-3H3,(H,8,9). The van der Waals surface area contributed by atoms with Crippen molar-refractivity contribution in [1.29, 1.82) is 0 Å². The summed E-state index contributed by atoms with van der Waals surface area (Å²) in [6.45, 7) is 87.2. The van der Waals surface area contributed by atoms with E-state index in [4.69, 9.17) is 4.74 Å². The molecular formula is C78H153N17O. The Morgan fingerprint density at radius 3 is 1.06 bits per heavy atom. The first-order valence-electron chi connectivity index (χ1n) is 36.1. The predicted molar refractivity (Wildman–Crippen MR) is 412 cm³/mol. The summed E-state index contributed by atoms with van der Waals surface area (Å²) in [4.78, 5) is 14.9. The largest absolute Gasteiger partial charge is 0.380 e. The van der Waals surface area contributed by atoms with Gasteiger partial charge in [0.2, 0.25) is 0 Å². The second-order valence-electron chi connectivity index (χ2n) is 36.3.